The molecule has 110 valence electrons. The number of Topliss-reactive ketones (excluding diaryl/α,β-unsaturated/α-hetero) is 1. The van der Waals surface area contributed by atoms with Gasteiger partial charge >= 0.3 is 5.97 Å². The highest BCUT2D eigenvalue weighted by Gasteiger charge is 2.21. The number of thiophene rings is 1. The molecule has 1 aromatic heterocycles. The number of hydrogen-bond donors (Lipinski definition) is 0. The van der Waals surface area contributed by atoms with Crippen LogP contribution in [-0.2, 0) is 9.53 Å². The Bertz CT molecular complexity index is 621. The maximum atomic E-state index is 12.1. The Morgan fingerprint density at radius 1 is 1.19 bits per heavy atom. The van der Waals surface area contributed by atoms with E-state index < -0.39 is 0 Å². The zero-order valence-corrected chi connectivity index (χ0v) is 13.9. The van der Waals surface area contributed by atoms with Gasteiger partial charge < -0.3 is 4.74 Å². The van der Waals surface area contributed by atoms with Crippen molar-refractivity contribution >= 4 is 39.0 Å². The van der Waals surface area contributed by atoms with Crippen molar-refractivity contribution in [3.05, 3.63) is 56.7 Å². The molecule has 0 saturated carbocycles. The SMILES string of the molecule is CC[C@@H](C(=O)OCC(=O)c1ccc(Br)s1)c1ccccc1. The third-order valence-corrected chi connectivity index (χ3v) is 4.75. The van der Waals surface area contributed by atoms with Crippen LogP contribution in [0.25, 0.3) is 0 Å². The fourth-order valence-electron chi connectivity index (χ4n) is 2.00. The number of carbonyl (C=O) groups is 2. The van der Waals surface area contributed by atoms with E-state index in [4.69, 9.17) is 4.74 Å². The summed E-state index contributed by atoms with van der Waals surface area (Å²) in [5, 5.41) is 0. The highest BCUT2D eigenvalue weighted by Crippen LogP contribution is 2.23. The summed E-state index contributed by atoms with van der Waals surface area (Å²) in [6.07, 6.45) is 0.640. The predicted molar refractivity (Wildman–Crippen MR) is 86.8 cm³/mol. The van der Waals surface area contributed by atoms with Gasteiger partial charge in [-0.2, -0.15) is 0 Å². The van der Waals surface area contributed by atoms with Crippen LogP contribution in [0.2, 0.25) is 0 Å². The Balaban J connectivity index is 1.96. The quantitative estimate of drug-likeness (QED) is 0.560. The molecule has 1 atom stereocenters. The van der Waals surface area contributed by atoms with E-state index in [1.165, 1.54) is 11.3 Å². The van der Waals surface area contributed by atoms with Crippen molar-refractivity contribution in [3.63, 3.8) is 0 Å². The highest BCUT2D eigenvalue weighted by atomic mass is 79.9. The Kier molecular flexibility index (Phi) is 5.70. The lowest BCUT2D eigenvalue weighted by atomic mass is 9.97. The van der Waals surface area contributed by atoms with Gasteiger partial charge in [-0.1, -0.05) is 37.3 Å². The van der Waals surface area contributed by atoms with Crippen molar-refractivity contribution in [2.24, 2.45) is 0 Å². The summed E-state index contributed by atoms with van der Waals surface area (Å²) in [6.45, 7) is 1.71. The first-order valence-corrected chi connectivity index (χ1v) is 8.23. The largest absolute Gasteiger partial charge is 0.457 e. The Morgan fingerprint density at radius 2 is 1.90 bits per heavy atom. The fraction of sp³-hybridized carbons (Fsp3) is 0.250. The number of benzene rings is 1. The fourth-order valence-corrected chi connectivity index (χ4v) is 3.31. The van der Waals surface area contributed by atoms with Crippen molar-refractivity contribution < 1.29 is 14.3 Å². The molecule has 1 heterocycles. The molecule has 0 aliphatic carbocycles. The number of ether oxygens (including phenoxy) is 1. The Hall–Kier alpha value is -1.46. The average Bonchev–Trinajstić information content (AvgIpc) is 2.93. The number of carbonyl (C=O) groups excluding carboxylic acids is 2. The molecule has 21 heavy (non-hydrogen) atoms. The monoisotopic (exact) mass is 366 g/mol. The second kappa shape index (κ2) is 7.52. The van der Waals surface area contributed by atoms with Gasteiger partial charge in [-0.15, -0.1) is 11.3 Å². The molecule has 0 aliphatic heterocycles. The predicted octanol–water partition coefficient (Wildman–Crippen LogP) is 4.43. The van der Waals surface area contributed by atoms with E-state index in [1.807, 2.05) is 37.3 Å². The van der Waals surface area contributed by atoms with Gasteiger partial charge in [0.15, 0.2) is 6.61 Å². The van der Waals surface area contributed by atoms with Gasteiger partial charge in [-0.3, -0.25) is 9.59 Å². The third kappa shape index (κ3) is 4.25. The third-order valence-electron chi connectivity index (χ3n) is 3.09. The number of hydrogen-bond acceptors (Lipinski definition) is 4. The molecular formula is C16H15BrO3S. The second-order valence-corrected chi connectivity index (χ2v) is 6.97. The van der Waals surface area contributed by atoms with Crippen LogP contribution in [0.5, 0.6) is 0 Å². The Morgan fingerprint density at radius 3 is 2.48 bits per heavy atom. The van der Waals surface area contributed by atoms with E-state index >= 15 is 0 Å². The molecular weight excluding hydrogens is 352 g/mol. The molecule has 2 aromatic rings. The van der Waals surface area contributed by atoms with E-state index in [-0.39, 0.29) is 24.3 Å². The Labute approximate surface area is 136 Å². The first kappa shape index (κ1) is 15.9. The lowest BCUT2D eigenvalue weighted by Gasteiger charge is -2.14. The van der Waals surface area contributed by atoms with Gasteiger partial charge in [0.05, 0.1) is 14.6 Å². The number of halogens is 1. The van der Waals surface area contributed by atoms with Crippen LogP contribution >= 0.6 is 27.3 Å². The van der Waals surface area contributed by atoms with Crippen molar-refractivity contribution in [1.82, 2.24) is 0 Å². The molecule has 3 nitrogen and oxygen atoms in total. The van der Waals surface area contributed by atoms with Crippen molar-refractivity contribution in [1.29, 1.82) is 0 Å². The molecule has 1 aromatic carbocycles. The zero-order chi connectivity index (χ0) is 15.2. The van der Waals surface area contributed by atoms with Gasteiger partial charge in [0.2, 0.25) is 5.78 Å². The van der Waals surface area contributed by atoms with Crippen molar-refractivity contribution in [2.75, 3.05) is 6.61 Å². The molecule has 0 fully saturated rings. The summed E-state index contributed by atoms with van der Waals surface area (Å²) in [4.78, 5) is 24.6. The summed E-state index contributed by atoms with van der Waals surface area (Å²) in [5.41, 5.74) is 0.913. The maximum absolute atomic E-state index is 12.1. The molecule has 5 heteroatoms. The minimum Gasteiger partial charge on any atom is -0.457 e. The van der Waals surface area contributed by atoms with Crippen LogP contribution in [0.3, 0.4) is 0 Å². The maximum Gasteiger partial charge on any atom is 0.313 e. The van der Waals surface area contributed by atoms with E-state index in [0.717, 1.165) is 9.35 Å². The second-order valence-electron chi connectivity index (χ2n) is 4.51. The molecule has 0 spiro atoms. The molecule has 0 aliphatic rings. The van der Waals surface area contributed by atoms with Crippen LogP contribution in [0.1, 0.15) is 34.5 Å². The highest BCUT2D eigenvalue weighted by molar-refractivity contribution is 9.11. The zero-order valence-electron chi connectivity index (χ0n) is 11.5. The van der Waals surface area contributed by atoms with E-state index in [0.29, 0.717) is 11.3 Å². The molecule has 2 rings (SSSR count). The van der Waals surface area contributed by atoms with E-state index in [1.54, 1.807) is 12.1 Å². The van der Waals surface area contributed by atoms with Gasteiger partial charge in [-0.25, -0.2) is 0 Å². The summed E-state index contributed by atoms with van der Waals surface area (Å²) in [7, 11) is 0. The molecule has 0 N–H and O–H groups in total. The first-order valence-electron chi connectivity index (χ1n) is 6.62. The summed E-state index contributed by atoms with van der Waals surface area (Å²) >= 11 is 4.64. The van der Waals surface area contributed by atoms with Gasteiger partial charge in [0.25, 0.3) is 0 Å². The van der Waals surface area contributed by atoms with Crippen LogP contribution in [-0.4, -0.2) is 18.4 Å². The summed E-state index contributed by atoms with van der Waals surface area (Å²) in [5.74, 6) is -0.858. The topological polar surface area (TPSA) is 43.4 Å². The van der Waals surface area contributed by atoms with Crippen molar-refractivity contribution in [2.45, 2.75) is 19.3 Å². The standard InChI is InChI=1S/C16H15BrO3S/c1-2-12(11-6-4-3-5-7-11)16(19)20-10-13(18)14-8-9-15(17)21-14/h3-9,12H,2,10H2,1H3/t12-/m1/s1. The first-order chi connectivity index (χ1) is 10.1. The summed E-state index contributed by atoms with van der Waals surface area (Å²) < 4.78 is 6.06. The minimum atomic E-state index is -0.354. The van der Waals surface area contributed by atoms with E-state index in [9.17, 15) is 9.59 Å². The lowest BCUT2D eigenvalue weighted by Crippen LogP contribution is -2.19. The lowest BCUT2D eigenvalue weighted by molar-refractivity contribution is -0.144. The minimum absolute atomic E-state index is 0.179. The molecule has 0 bridgehead atoms. The number of esters is 1. The average molecular weight is 367 g/mol. The van der Waals surface area contributed by atoms with Crippen LogP contribution < -0.4 is 0 Å². The summed E-state index contributed by atoms with van der Waals surface area (Å²) in [6, 6.07) is 13.0. The van der Waals surface area contributed by atoms with E-state index in [2.05, 4.69) is 15.9 Å². The van der Waals surface area contributed by atoms with Gasteiger partial charge in [-0.05, 0) is 40.0 Å². The smallest absolute Gasteiger partial charge is 0.313 e. The van der Waals surface area contributed by atoms with Crippen LogP contribution in [0.4, 0.5) is 0 Å². The van der Waals surface area contributed by atoms with Gasteiger partial charge in [0.1, 0.15) is 0 Å². The van der Waals surface area contributed by atoms with Crippen LogP contribution in [0.15, 0.2) is 46.3 Å². The molecule has 0 saturated heterocycles. The molecule has 0 radical (unpaired) electrons. The normalized spacial score (nSPS) is 11.9. The number of ketones is 1. The number of rotatable bonds is 6. The van der Waals surface area contributed by atoms with Gasteiger partial charge in [0, 0.05) is 0 Å². The molecule has 0 amide bonds. The van der Waals surface area contributed by atoms with Crippen molar-refractivity contribution in [3.8, 4) is 0 Å². The molecule has 0 unspecified atom stereocenters. The van der Waals surface area contributed by atoms with Crippen LogP contribution in [0, 0.1) is 0 Å².